The zero-order valence-electron chi connectivity index (χ0n) is 12.3. The van der Waals surface area contributed by atoms with Crippen molar-refractivity contribution in [2.24, 2.45) is 0 Å². The summed E-state index contributed by atoms with van der Waals surface area (Å²) >= 11 is 0. The Hall–Kier alpha value is -0.900. The number of ether oxygens (including phenoxy) is 1. The zero-order valence-corrected chi connectivity index (χ0v) is 12.3. The van der Waals surface area contributed by atoms with Crippen molar-refractivity contribution in [2.45, 2.75) is 37.8 Å². The van der Waals surface area contributed by atoms with E-state index in [0.29, 0.717) is 0 Å². The summed E-state index contributed by atoms with van der Waals surface area (Å²) in [6, 6.07) is 10.5. The minimum atomic E-state index is 0.194. The van der Waals surface area contributed by atoms with Crippen molar-refractivity contribution in [1.82, 2.24) is 10.2 Å². The van der Waals surface area contributed by atoms with Gasteiger partial charge in [0.05, 0.1) is 18.8 Å². The van der Waals surface area contributed by atoms with E-state index in [-0.39, 0.29) is 5.54 Å². The van der Waals surface area contributed by atoms with Gasteiger partial charge in [-0.15, -0.1) is 0 Å². The topological polar surface area (TPSA) is 24.5 Å². The van der Waals surface area contributed by atoms with Gasteiger partial charge in [0.1, 0.15) is 0 Å². The highest BCUT2D eigenvalue weighted by atomic mass is 16.5. The maximum Gasteiger partial charge on any atom is 0.0717 e. The fourth-order valence-electron chi connectivity index (χ4n) is 3.48. The first-order chi connectivity index (χ1) is 9.86. The molecule has 2 heterocycles. The van der Waals surface area contributed by atoms with Crippen molar-refractivity contribution in [2.75, 3.05) is 32.8 Å². The molecule has 20 heavy (non-hydrogen) atoms. The van der Waals surface area contributed by atoms with E-state index in [0.717, 1.165) is 26.3 Å². The van der Waals surface area contributed by atoms with E-state index in [2.05, 4.69) is 40.5 Å². The molecule has 2 aliphatic heterocycles. The van der Waals surface area contributed by atoms with Crippen molar-refractivity contribution in [1.29, 1.82) is 0 Å². The van der Waals surface area contributed by atoms with Crippen LogP contribution in [-0.4, -0.2) is 43.2 Å². The van der Waals surface area contributed by atoms with E-state index in [9.17, 15) is 0 Å². The van der Waals surface area contributed by atoms with Crippen LogP contribution >= 0.6 is 0 Å². The Bertz CT molecular complexity index is 395. The molecule has 110 valence electrons. The molecule has 3 nitrogen and oxygen atoms in total. The Morgan fingerprint density at radius 1 is 1.10 bits per heavy atom. The van der Waals surface area contributed by atoms with E-state index in [1.54, 1.807) is 0 Å². The quantitative estimate of drug-likeness (QED) is 0.862. The third kappa shape index (κ3) is 3.60. The summed E-state index contributed by atoms with van der Waals surface area (Å²) in [5.41, 5.74) is 1.46. The molecule has 0 saturated carbocycles. The molecule has 2 fully saturated rings. The van der Waals surface area contributed by atoms with Crippen LogP contribution in [0.15, 0.2) is 30.3 Å². The fourth-order valence-corrected chi connectivity index (χ4v) is 3.48. The number of benzene rings is 1. The standard InChI is InChI=1S/C17H26N2O/c1-2-7-16(8-3-1)13-20-15-17(9-6-10-18-17)14-19-11-4-5-12-19/h1-3,7-8,18H,4-6,9-15H2/t17-/m0/s1. The first-order valence-electron chi connectivity index (χ1n) is 7.95. The second-order valence-electron chi connectivity index (χ2n) is 6.27. The minimum absolute atomic E-state index is 0.194. The molecule has 0 aliphatic carbocycles. The largest absolute Gasteiger partial charge is 0.375 e. The summed E-state index contributed by atoms with van der Waals surface area (Å²) in [4.78, 5) is 2.60. The molecule has 0 spiro atoms. The van der Waals surface area contributed by atoms with Crippen LogP contribution < -0.4 is 5.32 Å². The molecule has 3 rings (SSSR count). The molecule has 1 atom stereocenters. The van der Waals surface area contributed by atoms with Crippen LogP contribution in [0.4, 0.5) is 0 Å². The smallest absolute Gasteiger partial charge is 0.0717 e. The van der Waals surface area contributed by atoms with Gasteiger partial charge in [-0.3, -0.25) is 0 Å². The van der Waals surface area contributed by atoms with E-state index < -0.39 is 0 Å². The predicted octanol–water partition coefficient (Wildman–Crippen LogP) is 2.42. The number of hydrogen-bond donors (Lipinski definition) is 1. The molecule has 0 amide bonds. The first kappa shape index (κ1) is 14.1. The average molecular weight is 274 g/mol. The normalized spacial score (nSPS) is 27.2. The maximum absolute atomic E-state index is 6.03. The van der Waals surface area contributed by atoms with E-state index in [4.69, 9.17) is 4.74 Å². The molecule has 3 heteroatoms. The second kappa shape index (κ2) is 6.70. The van der Waals surface area contributed by atoms with Gasteiger partial charge in [-0.1, -0.05) is 30.3 Å². The van der Waals surface area contributed by atoms with E-state index >= 15 is 0 Å². The highest BCUT2D eigenvalue weighted by Crippen LogP contribution is 2.23. The van der Waals surface area contributed by atoms with Gasteiger partial charge < -0.3 is 15.0 Å². The summed E-state index contributed by atoms with van der Waals surface area (Å²) in [6.07, 6.45) is 5.25. The van der Waals surface area contributed by atoms with Crippen LogP contribution in [0, 0.1) is 0 Å². The SMILES string of the molecule is c1ccc(COC[C@@]2(CN3CCCC3)CCCN2)cc1. The number of hydrogen-bond acceptors (Lipinski definition) is 3. The molecule has 0 aromatic heterocycles. The summed E-state index contributed by atoms with van der Waals surface area (Å²) in [5.74, 6) is 0. The van der Waals surface area contributed by atoms with Crippen molar-refractivity contribution in [3.05, 3.63) is 35.9 Å². The molecule has 2 saturated heterocycles. The summed E-state index contributed by atoms with van der Waals surface area (Å²) in [5, 5.41) is 3.72. The van der Waals surface area contributed by atoms with Gasteiger partial charge in [-0.25, -0.2) is 0 Å². The Morgan fingerprint density at radius 2 is 1.90 bits per heavy atom. The lowest BCUT2D eigenvalue weighted by atomic mass is 9.98. The summed E-state index contributed by atoms with van der Waals surface area (Å²) < 4.78 is 6.03. The van der Waals surface area contributed by atoms with Gasteiger partial charge in [0, 0.05) is 6.54 Å². The predicted molar refractivity (Wildman–Crippen MR) is 81.7 cm³/mol. The van der Waals surface area contributed by atoms with Crippen molar-refractivity contribution in [3.63, 3.8) is 0 Å². The van der Waals surface area contributed by atoms with Gasteiger partial charge in [0.2, 0.25) is 0 Å². The van der Waals surface area contributed by atoms with Crippen LogP contribution in [0.25, 0.3) is 0 Å². The molecule has 1 aromatic rings. The van der Waals surface area contributed by atoms with Gasteiger partial charge in [0.25, 0.3) is 0 Å². The Balaban J connectivity index is 1.51. The Kier molecular flexibility index (Phi) is 4.71. The van der Waals surface area contributed by atoms with Gasteiger partial charge in [0.15, 0.2) is 0 Å². The molecule has 1 N–H and O–H groups in total. The Labute approximate surface area is 122 Å². The van der Waals surface area contributed by atoms with Gasteiger partial charge >= 0.3 is 0 Å². The third-order valence-corrected chi connectivity index (χ3v) is 4.55. The van der Waals surface area contributed by atoms with Crippen LogP contribution in [0.3, 0.4) is 0 Å². The van der Waals surface area contributed by atoms with Crippen LogP contribution in [0.5, 0.6) is 0 Å². The molecule has 1 aromatic carbocycles. The van der Waals surface area contributed by atoms with Crippen LogP contribution in [0.2, 0.25) is 0 Å². The molecular formula is C17H26N2O. The Morgan fingerprint density at radius 3 is 2.60 bits per heavy atom. The van der Waals surface area contributed by atoms with Gasteiger partial charge in [-0.2, -0.15) is 0 Å². The van der Waals surface area contributed by atoms with Crippen LogP contribution in [-0.2, 0) is 11.3 Å². The fraction of sp³-hybridized carbons (Fsp3) is 0.647. The van der Waals surface area contributed by atoms with Crippen molar-refractivity contribution in [3.8, 4) is 0 Å². The monoisotopic (exact) mass is 274 g/mol. The third-order valence-electron chi connectivity index (χ3n) is 4.55. The van der Waals surface area contributed by atoms with Crippen molar-refractivity contribution < 1.29 is 4.74 Å². The molecule has 2 aliphatic rings. The number of rotatable bonds is 6. The van der Waals surface area contributed by atoms with E-state index in [1.165, 1.54) is 44.3 Å². The number of nitrogens with one attached hydrogen (secondary N) is 1. The molecular weight excluding hydrogens is 248 g/mol. The van der Waals surface area contributed by atoms with E-state index in [1.807, 2.05) is 0 Å². The van der Waals surface area contributed by atoms with Gasteiger partial charge in [-0.05, 0) is 50.9 Å². The summed E-state index contributed by atoms with van der Waals surface area (Å²) in [7, 11) is 0. The molecule has 0 radical (unpaired) electrons. The lowest BCUT2D eigenvalue weighted by Crippen LogP contribution is -2.52. The lowest BCUT2D eigenvalue weighted by molar-refractivity contribution is 0.0495. The number of likely N-dealkylation sites (tertiary alicyclic amines) is 1. The van der Waals surface area contributed by atoms with Crippen LogP contribution in [0.1, 0.15) is 31.2 Å². The second-order valence-corrected chi connectivity index (χ2v) is 6.27. The lowest BCUT2D eigenvalue weighted by Gasteiger charge is -2.33. The maximum atomic E-state index is 6.03. The summed E-state index contributed by atoms with van der Waals surface area (Å²) in [6.45, 7) is 6.39. The number of nitrogens with zero attached hydrogens (tertiary/aromatic N) is 1. The zero-order chi connectivity index (χ0) is 13.7. The first-order valence-corrected chi connectivity index (χ1v) is 7.95. The van der Waals surface area contributed by atoms with Crippen molar-refractivity contribution >= 4 is 0 Å². The molecule has 0 bridgehead atoms. The minimum Gasteiger partial charge on any atom is -0.375 e. The highest BCUT2D eigenvalue weighted by Gasteiger charge is 2.36. The molecule has 0 unspecified atom stereocenters. The highest BCUT2D eigenvalue weighted by molar-refractivity contribution is 5.13. The average Bonchev–Trinajstić information content (AvgIpc) is 3.13.